The van der Waals surface area contributed by atoms with Gasteiger partial charge < -0.3 is 14.8 Å². The Morgan fingerprint density at radius 2 is 2.10 bits per heavy atom. The van der Waals surface area contributed by atoms with Crippen molar-refractivity contribution in [3.8, 4) is 5.75 Å². The number of likely N-dealkylation sites (tertiary alicyclic amines) is 1. The van der Waals surface area contributed by atoms with Gasteiger partial charge >= 0.3 is 0 Å². The summed E-state index contributed by atoms with van der Waals surface area (Å²) < 4.78 is 5.69. The summed E-state index contributed by atoms with van der Waals surface area (Å²) >= 11 is 0. The molecule has 0 radical (unpaired) electrons. The molecule has 0 spiro atoms. The Labute approximate surface area is 117 Å². The molecule has 0 saturated carbocycles. The molecule has 106 valence electrons. The number of rotatable bonds is 3. The third-order valence-corrected chi connectivity index (χ3v) is 3.99. The molecular weight excluding hydrogens is 256 g/mol. The van der Waals surface area contributed by atoms with Crippen LogP contribution in [0.15, 0.2) is 23.4 Å². The standard InChI is InChI=1S/C15H18N2O3/c18-15(17-8-1-2-9-17)10-20-14-5-3-4-11-12(14)6-7-13(11)16-19/h3-5,19H,1-2,6-10H2. The minimum atomic E-state index is 0.0501. The van der Waals surface area contributed by atoms with E-state index in [4.69, 9.17) is 9.94 Å². The SMILES string of the molecule is O=C(COc1cccc2c1CCC2=NO)N1CCCC1. The number of carbonyl (C=O) groups is 1. The fourth-order valence-electron chi connectivity index (χ4n) is 2.91. The van der Waals surface area contributed by atoms with E-state index in [9.17, 15) is 4.79 Å². The topological polar surface area (TPSA) is 62.1 Å². The van der Waals surface area contributed by atoms with Gasteiger partial charge in [0.05, 0.1) is 5.71 Å². The number of oxime groups is 1. The fourth-order valence-corrected chi connectivity index (χ4v) is 2.91. The van der Waals surface area contributed by atoms with Gasteiger partial charge in [-0.05, 0) is 31.7 Å². The van der Waals surface area contributed by atoms with Crippen molar-refractivity contribution in [2.24, 2.45) is 5.16 Å². The van der Waals surface area contributed by atoms with Crippen molar-refractivity contribution in [1.82, 2.24) is 4.90 Å². The Kier molecular flexibility index (Phi) is 3.58. The molecule has 0 bridgehead atoms. The second kappa shape index (κ2) is 5.53. The van der Waals surface area contributed by atoms with Crippen molar-refractivity contribution in [1.29, 1.82) is 0 Å². The van der Waals surface area contributed by atoms with E-state index in [2.05, 4.69) is 5.16 Å². The van der Waals surface area contributed by atoms with Crippen molar-refractivity contribution in [3.63, 3.8) is 0 Å². The minimum Gasteiger partial charge on any atom is -0.483 e. The van der Waals surface area contributed by atoms with Crippen molar-refractivity contribution in [3.05, 3.63) is 29.3 Å². The molecule has 0 unspecified atom stereocenters. The average molecular weight is 274 g/mol. The summed E-state index contributed by atoms with van der Waals surface area (Å²) in [5.74, 6) is 0.780. The van der Waals surface area contributed by atoms with E-state index in [-0.39, 0.29) is 12.5 Å². The predicted octanol–water partition coefficient (Wildman–Crippen LogP) is 1.81. The predicted molar refractivity (Wildman–Crippen MR) is 74.4 cm³/mol. The highest BCUT2D eigenvalue weighted by Gasteiger charge is 2.23. The minimum absolute atomic E-state index is 0.0501. The smallest absolute Gasteiger partial charge is 0.260 e. The van der Waals surface area contributed by atoms with Crippen LogP contribution in [0.4, 0.5) is 0 Å². The number of ether oxygens (including phenoxy) is 1. The first-order chi connectivity index (χ1) is 9.79. The average Bonchev–Trinajstić information content (AvgIpc) is 3.13. The molecule has 1 aliphatic heterocycles. The molecule has 5 nitrogen and oxygen atoms in total. The van der Waals surface area contributed by atoms with Gasteiger partial charge in [-0.3, -0.25) is 4.79 Å². The summed E-state index contributed by atoms with van der Waals surface area (Å²) in [6.07, 6.45) is 3.68. The molecule has 1 fully saturated rings. The third-order valence-electron chi connectivity index (χ3n) is 3.99. The molecule has 1 saturated heterocycles. The number of nitrogens with zero attached hydrogens (tertiary/aromatic N) is 2. The van der Waals surface area contributed by atoms with Crippen LogP contribution >= 0.6 is 0 Å². The zero-order chi connectivity index (χ0) is 13.9. The van der Waals surface area contributed by atoms with Crippen molar-refractivity contribution in [2.45, 2.75) is 25.7 Å². The normalized spacial score (nSPS) is 19.4. The van der Waals surface area contributed by atoms with E-state index in [1.165, 1.54) is 0 Å². The number of carbonyl (C=O) groups excluding carboxylic acids is 1. The maximum atomic E-state index is 12.0. The van der Waals surface area contributed by atoms with Gasteiger partial charge in [-0.25, -0.2) is 0 Å². The molecular formula is C15H18N2O3. The summed E-state index contributed by atoms with van der Waals surface area (Å²) in [4.78, 5) is 13.8. The van der Waals surface area contributed by atoms with Gasteiger partial charge in [-0.1, -0.05) is 17.3 Å². The van der Waals surface area contributed by atoms with E-state index in [1.54, 1.807) is 0 Å². The maximum Gasteiger partial charge on any atom is 0.260 e. The van der Waals surface area contributed by atoms with Crippen LogP contribution in [-0.2, 0) is 11.2 Å². The Morgan fingerprint density at radius 1 is 1.30 bits per heavy atom. The molecule has 1 amide bonds. The van der Waals surface area contributed by atoms with E-state index in [1.807, 2.05) is 23.1 Å². The van der Waals surface area contributed by atoms with Gasteiger partial charge in [0.25, 0.3) is 5.91 Å². The van der Waals surface area contributed by atoms with Crippen LogP contribution in [0.5, 0.6) is 5.75 Å². The largest absolute Gasteiger partial charge is 0.483 e. The molecule has 1 aromatic carbocycles. The van der Waals surface area contributed by atoms with Gasteiger partial charge in [0, 0.05) is 24.2 Å². The van der Waals surface area contributed by atoms with Gasteiger partial charge in [0.1, 0.15) is 5.75 Å². The quantitative estimate of drug-likeness (QED) is 0.675. The Hall–Kier alpha value is -2.04. The number of hydrogen-bond donors (Lipinski definition) is 1. The van der Waals surface area contributed by atoms with Crippen LogP contribution in [0.3, 0.4) is 0 Å². The zero-order valence-electron chi connectivity index (χ0n) is 11.3. The van der Waals surface area contributed by atoms with E-state index < -0.39 is 0 Å². The lowest BCUT2D eigenvalue weighted by Gasteiger charge is -2.16. The van der Waals surface area contributed by atoms with Crippen LogP contribution in [0.1, 0.15) is 30.4 Å². The van der Waals surface area contributed by atoms with Crippen LogP contribution in [0.25, 0.3) is 0 Å². The van der Waals surface area contributed by atoms with Gasteiger partial charge in [-0.2, -0.15) is 0 Å². The molecule has 5 heteroatoms. The first kappa shape index (κ1) is 13.0. The highest BCUT2D eigenvalue weighted by Crippen LogP contribution is 2.31. The molecule has 1 aromatic rings. The van der Waals surface area contributed by atoms with Crippen molar-refractivity contribution in [2.75, 3.05) is 19.7 Å². The van der Waals surface area contributed by atoms with Gasteiger partial charge in [0.15, 0.2) is 6.61 Å². The number of amides is 1. The molecule has 0 aromatic heterocycles. The summed E-state index contributed by atoms with van der Waals surface area (Å²) in [7, 11) is 0. The lowest BCUT2D eigenvalue weighted by molar-refractivity contribution is -0.132. The van der Waals surface area contributed by atoms with Crippen molar-refractivity contribution >= 4 is 11.6 Å². The molecule has 3 rings (SSSR count). The molecule has 1 N–H and O–H groups in total. The Balaban J connectivity index is 1.69. The van der Waals surface area contributed by atoms with E-state index >= 15 is 0 Å². The monoisotopic (exact) mass is 274 g/mol. The summed E-state index contributed by atoms with van der Waals surface area (Å²) in [6, 6.07) is 5.66. The molecule has 1 heterocycles. The fraction of sp³-hybridized carbons (Fsp3) is 0.467. The lowest BCUT2D eigenvalue weighted by atomic mass is 10.1. The molecule has 20 heavy (non-hydrogen) atoms. The second-order valence-corrected chi connectivity index (χ2v) is 5.21. The van der Waals surface area contributed by atoms with Crippen LogP contribution in [0, 0.1) is 0 Å². The van der Waals surface area contributed by atoms with E-state index in [0.29, 0.717) is 12.1 Å². The molecule has 1 aliphatic carbocycles. The van der Waals surface area contributed by atoms with Crippen molar-refractivity contribution < 1.29 is 14.7 Å². The number of hydrogen-bond acceptors (Lipinski definition) is 4. The summed E-state index contributed by atoms with van der Waals surface area (Å²) in [6.45, 7) is 1.77. The van der Waals surface area contributed by atoms with Crippen LogP contribution in [0.2, 0.25) is 0 Å². The summed E-state index contributed by atoms with van der Waals surface area (Å²) in [5, 5.41) is 12.3. The molecule has 0 atom stereocenters. The van der Waals surface area contributed by atoms with E-state index in [0.717, 1.165) is 49.2 Å². The number of benzene rings is 1. The Bertz CT molecular complexity index is 548. The van der Waals surface area contributed by atoms with Gasteiger partial charge in [-0.15, -0.1) is 0 Å². The third kappa shape index (κ3) is 2.35. The highest BCUT2D eigenvalue weighted by atomic mass is 16.5. The number of fused-ring (bicyclic) bond motifs is 1. The molecule has 2 aliphatic rings. The lowest BCUT2D eigenvalue weighted by Crippen LogP contribution is -2.32. The zero-order valence-corrected chi connectivity index (χ0v) is 11.3. The summed E-state index contributed by atoms with van der Waals surface area (Å²) in [5.41, 5.74) is 2.66. The second-order valence-electron chi connectivity index (χ2n) is 5.21. The Morgan fingerprint density at radius 3 is 2.85 bits per heavy atom. The van der Waals surface area contributed by atoms with Crippen LogP contribution in [-0.4, -0.2) is 41.4 Å². The maximum absolute atomic E-state index is 12.0. The first-order valence-corrected chi connectivity index (χ1v) is 7.03. The van der Waals surface area contributed by atoms with Gasteiger partial charge in [0.2, 0.25) is 0 Å². The van der Waals surface area contributed by atoms with Crippen LogP contribution < -0.4 is 4.74 Å². The first-order valence-electron chi connectivity index (χ1n) is 7.03. The highest BCUT2D eigenvalue weighted by molar-refractivity contribution is 6.04.